The van der Waals surface area contributed by atoms with Crippen LogP contribution in [0.5, 0.6) is 0 Å². The minimum atomic E-state index is -0.0211. The van der Waals surface area contributed by atoms with E-state index in [-0.39, 0.29) is 5.91 Å². The molecule has 0 aliphatic heterocycles. The van der Waals surface area contributed by atoms with Gasteiger partial charge in [0.1, 0.15) is 0 Å². The van der Waals surface area contributed by atoms with Gasteiger partial charge in [0.15, 0.2) is 0 Å². The molecule has 106 valence electrons. The Labute approximate surface area is 126 Å². The van der Waals surface area contributed by atoms with E-state index in [1.807, 2.05) is 24.4 Å². The molecule has 1 N–H and O–H groups in total. The van der Waals surface area contributed by atoms with Crippen LogP contribution in [0.1, 0.15) is 36.0 Å². The molecule has 2 aromatic rings. The molecule has 0 bridgehead atoms. The van der Waals surface area contributed by atoms with Gasteiger partial charge in [-0.05, 0) is 43.7 Å². The highest BCUT2D eigenvalue weighted by Crippen LogP contribution is 2.28. The maximum atomic E-state index is 12.3. The summed E-state index contributed by atoms with van der Waals surface area (Å²) in [6.45, 7) is 0.767. The van der Waals surface area contributed by atoms with Gasteiger partial charge in [-0.25, -0.2) is 4.52 Å². The molecule has 2 heterocycles. The predicted molar refractivity (Wildman–Crippen MR) is 82.2 cm³/mol. The molecule has 0 unspecified atom stereocenters. The number of rotatable bonds is 3. The number of pyridine rings is 1. The van der Waals surface area contributed by atoms with Crippen LogP contribution in [-0.2, 0) is 0 Å². The monoisotopic (exact) mass is 335 g/mol. The van der Waals surface area contributed by atoms with E-state index in [0.717, 1.165) is 12.1 Å². The highest BCUT2D eigenvalue weighted by Gasteiger charge is 2.20. The van der Waals surface area contributed by atoms with Gasteiger partial charge in [0.05, 0.1) is 17.3 Å². The summed E-state index contributed by atoms with van der Waals surface area (Å²) in [5.41, 5.74) is 1.51. The Morgan fingerprint density at radius 2 is 2.15 bits per heavy atom. The fourth-order valence-corrected chi connectivity index (χ4v) is 3.30. The molecule has 1 amide bonds. The first-order valence-corrected chi connectivity index (χ1v) is 8.00. The molecule has 1 aliphatic rings. The Kier molecular flexibility index (Phi) is 4.05. The lowest BCUT2D eigenvalue weighted by Gasteiger charge is -2.25. The fourth-order valence-electron chi connectivity index (χ4n) is 2.77. The summed E-state index contributed by atoms with van der Waals surface area (Å²) in [6, 6.07) is 5.74. The highest BCUT2D eigenvalue weighted by molar-refractivity contribution is 9.09. The van der Waals surface area contributed by atoms with Crippen molar-refractivity contribution in [3.05, 3.63) is 36.2 Å². The third kappa shape index (κ3) is 2.87. The predicted octanol–water partition coefficient (Wildman–Crippen LogP) is 3.02. The molecule has 1 fully saturated rings. The summed E-state index contributed by atoms with van der Waals surface area (Å²) < 4.78 is 1.73. The van der Waals surface area contributed by atoms with Crippen molar-refractivity contribution >= 4 is 27.4 Å². The molecular formula is C15H18BrN3O. The SMILES string of the molecule is O=C(NCC1CCC(Br)CC1)c1cnn2ccccc12. The number of carbonyl (C=O) groups is 1. The summed E-state index contributed by atoms with van der Waals surface area (Å²) in [5, 5.41) is 7.25. The molecule has 20 heavy (non-hydrogen) atoms. The number of halogens is 1. The molecule has 5 heteroatoms. The van der Waals surface area contributed by atoms with Crippen molar-refractivity contribution in [1.82, 2.24) is 14.9 Å². The van der Waals surface area contributed by atoms with E-state index < -0.39 is 0 Å². The largest absolute Gasteiger partial charge is 0.352 e. The molecule has 2 aromatic heterocycles. The van der Waals surface area contributed by atoms with Gasteiger partial charge >= 0.3 is 0 Å². The van der Waals surface area contributed by atoms with Gasteiger partial charge < -0.3 is 5.32 Å². The first-order valence-electron chi connectivity index (χ1n) is 7.08. The van der Waals surface area contributed by atoms with E-state index >= 15 is 0 Å². The molecule has 4 nitrogen and oxygen atoms in total. The summed E-state index contributed by atoms with van der Waals surface area (Å²) in [7, 11) is 0. The molecular weight excluding hydrogens is 318 g/mol. The Balaban J connectivity index is 1.62. The molecule has 0 aromatic carbocycles. The first kappa shape index (κ1) is 13.6. The van der Waals surface area contributed by atoms with Crippen molar-refractivity contribution in [1.29, 1.82) is 0 Å². The average Bonchev–Trinajstić information content (AvgIpc) is 2.90. The van der Waals surface area contributed by atoms with E-state index in [4.69, 9.17) is 0 Å². The molecule has 0 saturated heterocycles. The van der Waals surface area contributed by atoms with Crippen LogP contribution >= 0.6 is 15.9 Å². The van der Waals surface area contributed by atoms with Crippen molar-refractivity contribution in [3.63, 3.8) is 0 Å². The Morgan fingerprint density at radius 1 is 1.35 bits per heavy atom. The lowest BCUT2D eigenvalue weighted by Crippen LogP contribution is -2.31. The van der Waals surface area contributed by atoms with E-state index in [1.54, 1.807) is 10.7 Å². The van der Waals surface area contributed by atoms with Crippen LogP contribution in [0.25, 0.3) is 5.52 Å². The maximum absolute atomic E-state index is 12.3. The van der Waals surface area contributed by atoms with Gasteiger partial charge in [0.25, 0.3) is 5.91 Å². The third-order valence-corrected chi connectivity index (χ3v) is 4.91. The zero-order valence-electron chi connectivity index (χ0n) is 11.3. The lowest BCUT2D eigenvalue weighted by molar-refractivity contribution is 0.0945. The summed E-state index contributed by atoms with van der Waals surface area (Å²) in [6.07, 6.45) is 8.27. The molecule has 0 spiro atoms. The molecule has 3 rings (SSSR count). The zero-order valence-corrected chi connectivity index (χ0v) is 12.8. The van der Waals surface area contributed by atoms with E-state index in [2.05, 4.69) is 26.3 Å². The second-order valence-corrected chi connectivity index (χ2v) is 6.71. The number of fused-ring (bicyclic) bond motifs is 1. The van der Waals surface area contributed by atoms with Crippen LogP contribution in [0.15, 0.2) is 30.6 Å². The van der Waals surface area contributed by atoms with Gasteiger partial charge in [-0.1, -0.05) is 22.0 Å². The zero-order chi connectivity index (χ0) is 13.9. The number of hydrogen-bond donors (Lipinski definition) is 1. The van der Waals surface area contributed by atoms with Gasteiger partial charge in [0.2, 0.25) is 0 Å². The standard InChI is InChI=1S/C15H18BrN3O/c16-12-6-4-11(5-7-12)9-17-15(20)13-10-18-19-8-2-1-3-14(13)19/h1-3,8,10-12H,4-7,9H2,(H,17,20). The fraction of sp³-hybridized carbons (Fsp3) is 0.467. The number of nitrogens with zero attached hydrogens (tertiary/aromatic N) is 2. The van der Waals surface area contributed by atoms with Crippen molar-refractivity contribution in [2.75, 3.05) is 6.54 Å². The molecule has 0 atom stereocenters. The Bertz CT molecular complexity index is 602. The Hall–Kier alpha value is -1.36. The third-order valence-electron chi connectivity index (χ3n) is 4.00. The summed E-state index contributed by atoms with van der Waals surface area (Å²) >= 11 is 3.66. The number of hydrogen-bond acceptors (Lipinski definition) is 2. The number of alkyl halides is 1. The lowest BCUT2D eigenvalue weighted by atomic mass is 9.89. The number of aromatic nitrogens is 2. The van der Waals surface area contributed by atoms with E-state index in [9.17, 15) is 4.79 Å². The van der Waals surface area contributed by atoms with Crippen molar-refractivity contribution in [2.24, 2.45) is 5.92 Å². The molecule has 1 aliphatic carbocycles. The van der Waals surface area contributed by atoms with Gasteiger partial charge in [0, 0.05) is 17.6 Å². The quantitative estimate of drug-likeness (QED) is 0.876. The topological polar surface area (TPSA) is 46.4 Å². The minimum absolute atomic E-state index is 0.0211. The van der Waals surface area contributed by atoms with Crippen LogP contribution in [0.2, 0.25) is 0 Å². The van der Waals surface area contributed by atoms with Crippen LogP contribution in [-0.4, -0.2) is 26.9 Å². The smallest absolute Gasteiger partial charge is 0.255 e. The van der Waals surface area contributed by atoms with Crippen molar-refractivity contribution in [3.8, 4) is 0 Å². The molecule has 1 saturated carbocycles. The van der Waals surface area contributed by atoms with E-state index in [0.29, 0.717) is 16.3 Å². The highest BCUT2D eigenvalue weighted by atomic mass is 79.9. The van der Waals surface area contributed by atoms with Gasteiger partial charge in [-0.2, -0.15) is 5.10 Å². The summed E-state index contributed by atoms with van der Waals surface area (Å²) in [4.78, 5) is 12.9. The number of nitrogens with one attached hydrogen (secondary N) is 1. The van der Waals surface area contributed by atoms with Crippen LogP contribution in [0, 0.1) is 5.92 Å². The minimum Gasteiger partial charge on any atom is -0.352 e. The van der Waals surface area contributed by atoms with Crippen LogP contribution in [0.4, 0.5) is 0 Å². The van der Waals surface area contributed by atoms with Crippen LogP contribution in [0.3, 0.4) is 0 Å². The average molecular weight is 336 g/mol. The first-order chi connectivity index (χ1) is 9.74. The second-order valence-electron chi connectivity index (χ2n) is 5.42. The normalized spacial score (nSPS) is 22.9. The van der Waals surface area contributed by atoms with Crippen molar-refractivity contribution < 1.29 is 4.79 Å². The maximum Gasteiger partial charge on any atom is 0.255 e. The second kappa shape index (κ2) is 5.95. The van der Waals surface area contributed by atoms with Gasteiger partial charge in [-0.3, -0.25) is 4.79 Å². The van der Waals surface area contributed by atoms with E-state index in [1.165, 1.54) is 25.7 Å². The van der Waals surface area contributed by atoms with Crippen molar-refractivity contribution in [2.45, 2.75) is 30.5 Å². The van der Waals surface area contributed by atoms with Crippen LogP contribution < -0.4 is 5.32 Å². The number of carbonyl (C=O) groups excluding carboxylic acids is 1. The summed E-state index contributed by atoms with van der Waals surface area (Å²) in [5.74, 6) is 0.585. The molecule has 0 radical (unpaired) electrons. The number of amides is 1. The Morgan fingerprint density at radius 3 is 2.95 bits per heavy atom. The van der Waals surface area contributed by atoms with Gasteiger partial charge in [-0.15, -0.1) is 0 Å².